The van der Waals surface area contributed by atoms with Crippen molar-refractivity contribution in [2.45, 2.75) is 32.6 Å². The van der Waals surface area contributed by atoms with E-state index < -0.39 is 0 Å². The molecule has 1 nitrogen and oxygen atoms in total. The van der Waals surface area contributed by atoms with Gasteiger partial charge in [0.05, 0.1) is 0 Å². The van der Waals surface area contributed by atoms with Crippen molar-refractivity contribution in [3.8, 4) is 0 Å². The summed E-state index contributed by atoms with van der Waals surface area (Å²) < 4.78 is 0. The van der Waals surface area contributed by atoms with Crippen LogP contribution < -0.4 is 0 Å². The highest BCUT2D eigenvalue weighted by Gasteiger charge is 1.75. The molecule has 1 N–H and O–H groups in total. The van der Waals surface area contributed by atoms with E-state index >= 15 is 0 Å². The average molecular weight is 125 g/mol. The van der Waals surface area contributed by atoms with Gasteiger partial charge in [0.15, 0.2) is 0 Å². The van der Waals surface area contributed by atoms with Crippen LogP contribution in [0.1, 0.15) is 32.6 Å². The van der Waals surface area contributed by atoms with Crippen LogP contribution in [-0.2, 0) is 0 Å². The SMILES string of the molecule is CCCCC=CCC=N. The minimum absolute atomic E-state index is 0.795. The monoisotopic (exact) mass is 125 g/mol. The van der Waals surface area contributed by atoms with Crippen LogP contribution in [0.2, 0.25) is 0 Å². The largest absolute Gasteiger partial charge is 0.313 e. The molecule has 0 amide bonds. The molecule has 0 bridgehead atoms. The minimum atomic E-state index is 0.795. The lowest BCUT2D eigenvalue weighted by atomic mass is 10.2. The first-order valence-electron chi connectivity index (χ1n) is 3.55. The predicted octanol–water partition coefficient (Wildman–Crippen LogP) is 2.77. The molecule has 0 saturated carbocycles. The molecule has 52 valence electrons. The molecule has 0 unspecified atom stereocenters. The first kappa shape index (κ1) is 8.41. The Bertz CT molecular complexity index is 84.6. The number of hydrogen-bond donors (Lipinski definition) is 1. The molecule has 0 aliphatic rings. The van der Waals surface area contributed by atoms with Gasteiger partial charge in [-0.3, -0.25) is 0 Å². The van der Waals surface area contributed by atoms with Gasteiger partial charge >= 0.3 is 0 Å². The summed E-state index contributed by atoms with van der Waals surface area (Å²) in [5.41, 5.74) is 0. The lowest BCUT2D eigenvalue weighted by molar-refractivity contribution is 0.813. The Hall–Kier alpha value is -0.590. The second kappa shape index (κ2) is 7.41. The average Bonchev–Trinajstić information content (AvgIpc) is 1.89. The van der Waals surface area contributed by atoms with Crippen LogP contribution in [0.5, 0.6) is 0 Å². The van der Waals surface area contributed by atoms with E-state index in [1.165, 1.54) is 25.5 Å². The van der Waals surface area contributed by atoms with E-state index in [0.29, 0.717) is 0 Å². The summed E-state index contributed by atoms with van der Waals surface area (Å²) in [5, 5.41) is 6.71. The molecule has 0 spiro atoms. The zero-order valence-corrected chi connectivity index (χ0v) is 6.06. The van der Waals surface area contributed by atoms with Crippen LogP contribution in [0.25, 0.3) is 0 Å². The minimum Gasteiger partial charge on any atom is -0.313 e. The summed E-state index contributed by atoms with van der Waals surface area (Å²) in [4.78, 5) is 0. The molecule has 0 saturated heterocycles. The molecular formula is C8H15N. The van der Waals surface area contributed by atoms with Gasteiger partial charge in [0.25, 0.3) is 0 Å². The summed E-state index contributed by atoms with van der Waals surface area (Å²) in [5.74, 6) is 0. The summed E-state index contributed by atoms with van der Waals surface area (Å²) in [7, 11) is 0. The number of rotatable bonds is 5. The molecule has 1 heteroatoms. The van der Waals surface area contributed by atoms with Crippen molar-refractivity contribution in [2.75, 3.05) is 0 Å². The highest BCUT2D eigenvalue weighted by atomic mass is 14.3. The van der Waals surface area contributed by atoms with Gasteiger partial charge in [0.1, 0.15) is 0 Å². The molecule has 9 heavy (non-hydrogen) atoms. The third-order valence-corrected chi connectivity index (χ3v) is 1.14. The van der Waals surface area contributed by atoms with Crippen LogP contribution in [0, 0.1) is 5.41 Å². The third-order valence-electron chi connectivity index (χ3n) is 1.14. The van der Waals surface area contributed by atoms with E-state index in [0.717, 1.165) is 6.42 Å². The van der Waals surface area contributed by atoms with Crippen LogP contribution in [0.3, 0.4) is 0 Å². The Morgan fingerprint density at radius 3 is 2.67 bits per heavy atom. The van der Waals surface area contributed by atoms with Crippen LogP contribution in [-0.4, -0.2) is 6.21 Å². The summed E-state index contributed by atoms with van der Waals surface area (Å²) >= 11 is 0. The van der Waals surface area contributed by atoms with Gasteiger partial charge in [-0.15, -0.1) is 0 Å². The molecule has 0 aliphatic carbocycles. The second-order valence-corrected chi connectivity index (χ2v) is 2.05. The van der Waals surface area contributed by atoms with E-state index in [1.54, 1.807) is 0 Å². The van der Waals surface area contributed by atoms with E-state index in [-0.39, 0.29) is 0 Å². The topological polar surface area (TPSA) is 23.9 Å². The summed E-state index contributed by atoms with van der Waals surface area (Å²) in [6.07, 6.45) is 10.1. The molecule has 0 atom stereocenters. The number of allylic oxidation sites excluding steroid dienone is 2. The lowest BCUT2D eigenvalue weighted by Gasteiger charge is -1.85. The molecule has 0 rings (SSSR count). The Labute approximate surface area is 57.3 Å². The van der Waals surface area contributed by atoms with Crippen molar-refractivity contribution < 1.29 is 0 Å². The number of nitrogens with one attached hydrogen (secondary N) is 1. The maximum Gasteiger partial charge on any atom is -0.0000185 e. The van der Waals surface area contributed by atoms with Crippen molar-refractivity contribution in [3.63, 3.8) is 0 Å². The molecule has 0 heterocycles. The van der Waals surface area contributed by atoms with Gasteiger partial charge in [-0.2, -0.15) is 0 Å². The smallest absolute Gasteiger partial charge is 0.0000185 e. The van der Waals surface area contributed by atoms with Gasteiger partial charge in [-0.05, 0) is 19.1 Å². The Kier molecular flexibility index (Phi) is 6.92. The fraction of sp³-hybridized carbons (Fsp3) is 0.625. The maximum absolute atomic E-state index is 6.71. The summed E-state index contributed by atoms with van der Waals surface area (Å²) in [6.45, 7) is 2.18. The van der Waals surface area contributed by atoms with Gasteiger partial charge in [0.2, 0.25) is 0 Å². The van der Waals surface area contributed by atoms with E-state index in [9.17, 15) is 0 Å². The molecule has 0 aromatic carbocycles. The zero-order valence-electron chi connectivity index (χ0n) is 6.06. The molecular weight excluding hydrogens is 110 g/mol. The predicted molar refractivity (Wildman–Crippen MR) is 42.1 cm³/mol. The second-order valence-electron chi connectivity index (χ2n) is 2.05. The Morgan fingerprint density at radius 1 is 1.33 bits per heavy atom. The Morgan fingerprint density at radius 2 is 2.11 bits per heavy atom. The quantitative estimate of drug-likeness (QED) is 0.332. The maximum atomic E-state index is 6.71. The molecule has 0 aromatic rings. The molecule has 0 aromatic heterocycles. The van der Waals surface area contributed by atoms with Gasteiger partial charge in [-0.25, -0.2) is 0 Å². The van der Waals surface area contributed by atoms with Crippen molar-refractivity contribution in [1.82, 2.24) is 0 Å². The molecule has 0 radical (unpaired) electrons. The van der Waals surface area contributed by atoms with Crippen molar-refractivity contribution in [2.24, 2.45) is 0 Å². The number of hydrogen-bond acceptors (Lipinski definition) is 1. The van der Waals surface area contributed by atoms with Gasteiger partial charge in [0, 0.05) is 0 Å². The third kappa shape index (κ3) is 7.41. The van der Waals surface area contributed by atoms with Crippen molar-refractivity contribution in [3.05, 3.63) is 12.2 Å². The van der Waals surface area contributed by atoms with E-state index in [1.807, 2.05) is 6.08 Å². The standard InChI is InChI=1S/C8H15N/c1-2-3-4-5-6-7-8-9/h5-6,8-9H,2-4,7H2,1H3. The number of unbranched alkanes of at least 4 members (excludes halogenated alkanes) is 2. The normalized spacial score (nSPS) is 10.3. The van der Waals surface area contributed by atoms with Gasteiger partial charge in [-0.1, -0.05) is 31.9 Å². The molecule has 0 fully saturated rings. The van der Waals surface area contributed by atoms with E-state index in [2.05, 4.69) is 13.0 Å². The lowest BCUT2D eigenvalue weighted by Crippen LogP contribution is -1.68. The Balaban J connectivity index is 2.94. The van der Waals surface area contributed by atoms with Crippen LogP contribution in [0.4, 0.5) is 0 Å². The summed E-state index contributed by atoms with van der Waals surface area (Å²) in [6, 6.07) is 0. The highest BCUT2D eigenvalue weighted by Crippen LogP contribution is 1.94. The highest BCUT2D eigenvalue weighted by molar-refractivity contribution is 5.55. The van der Waals surface area contributed by atoms with Crippen molar-refractivity contribution in [1.29, 1.82) is 5.41 Å². The van der Waals surface area contributed by atoms with Crippen LogP contribution in [0.15, 0.2) is 12.2 Å². The fourth-order valence-electron chi connectivity index (χ4n) is 0.604. The first-order valence-corrected chi connectivity index (χ1v) is 3.55. The van der Waals surface area contributed by atoms with Crippen LogP contribution >= 0.6 is 0 Å². The molecule has 0 aliphatic heterocycles. The van der Waals surface area contributed by atoms with Gasteiger partial charge < -0.3 is 5.41 Å². The fourth-order valence-corrected chi connectivity index (χ4v) is 0.604. The first-order chi connectivity index (χ1) is 4.41. The van der Waals surface area contributed by atoms with E-state index in [4.69, 9.17) is 5.41 Å². The van der Waals surface area contributed by atoms with Crippen molar-refractivity contribution >= 4 is 6.21 Å². The zero-order chi connectivity index (χ0) is 6.95.